The van der Waals surface area contributed by atoms with Crippen LogP contribution in [0.2, 0.25) is 36.0 Å². The number of imidazole rings is 1. The molecule has 86 valence electrons. The summed E-state index contributed by atoms with van der Waals surface area (Å²) in [4.78, 5) is 3.87. The Kier molecular flexibility index (Phi) is 4.64. The number of ether oxygens (including phenoxy) is 1. The molecule has 0 N–H and O–H groups in total. The van der Waals surface area contributed by atoms with E-state index in [1.807, 2.05) is 0 Å². The largest absolute Gasteiger partial charge is 0.361 e. The number of aromatic nitrogens is 2. The molecule has 0 saturated carbocycles. The molecule has 0 amide bonds. The molecule has 1 heterocycles. The summed E-state index contributed by atoms with van der Waals surface area (Å²) in [5, 5.41) is 0.759. The summed E-state index contributed by atoms with van der Waals surface area (Å²) in [5.41, 5.74) is 0. The van der Waals surface area contributed by atoms with Gasteiger partial charge in [0.2, 0.25) is 0 Å². The lowest BCUT2D eigenvalue weighted by molar-refractivity contribution is 0.0873. The Labute approximate surface area is 101 Å². The normalized spacial score (nSPS) is 12.1. The van der Waals surface area contributed by atoms with Crippen molar-refractivity contribution in [3.8, 4) is 0 Å². The Morgan fingerprint density at radius 1 is 1.40 bits per heavy atom. The van der Waals surface area contributed by atoms with Gasteiger partial charge >= 0.3 is 0 Å². The van der Waals surface area contributed by atoms with E-state index in [0.29, 0.717) is 17.0 Å². The fraction of sp³-hybridized carbons (Fsp3) is 0.667. The van der Waals surface area contributed by atoms with Crippen LogP contribution in [0.3, 0.4) is 0 Å². The molecule has 15 heavy (non-hydrogen) atoms. The van der Waals surface area contributed by atoms with Crippen LogP contribution in [0.4, 0.5) is 0 Å². The van der Waals surface area contributed by atoms with Crippen LogP contribution in [-0.2, 0) is 11.5 Å². The smallest absolute Gasteiger partial charge is 0.166 e. The molecule has 0 aliphatic rings. The summed E-state index contributed by atoms with van der Waals surface area (Å²) < 4.78 is 7.19. The molecule has 0 spiro atoms. The van der Waals surface area contributed by atoms with E-state index in [1.165, 1.54) is 0 Å². The van der Waals surface area contributed by atoms with Crippen LogP contribution >= 0.6 is 23.2 Å². The monoisotopic (exact) mass is 266 g/mol. The van der Waals surface area contributed by atoms with Crippen molar-refractivity contribution in [2.45, 2.75) is 32.4 Å². The molecule has 3 nitrogen and oxygen atoms in total. The van der Waals surface area contributed by atoms with Gasteiger partial charge in [-0.2, -0.15) is 0 Å². The molecule has 1 rings (SSSR count). The molecular formula is C9H16Cl2N2OSi. The fourth-order valence-corrected chi connectivity index (χ4v) is 2.02. The van der Waals surface area contributed by atoms with Gasteiger partial charge in [-0.05, 0) is 6.04 Å². The summed E-state index contributed by atoms with van der Waals surface area (Å²) in [6.07, 6.45) is 1.58. The Balaban J connectivity index is 2.30. The van der Waals surface area contributed by atoms with Crippen molar-refractivity contribution in [2.75, 3.05) is 6.61 Å². The minimum absolute atomic E-state index is 0.325. The highest BCUT2D eigenvalue weighted by molar-refractivity contribution is 6.76. The topological polar surface area (TPSA) is 27.1 Å². The standard InChI is InChI=1S/C9H16Cl2N2OSi/c1-15(2,3)5-4-14-7-13-6-12-8(10)9(13)11/h6H,4-5,7H2,1-3H3. The third kappa shape index (κ3) is 4.55. The van der Waals surface area contributed by atoms with E-state index in [4.69, 9.17) is 27.9 Å². The quantitative estimate of drug-likeness (QED) is 0.603. The van der Waals surface area contributed by atoms with Crippen molar-refractivity contribution >= 4 is 31.3 Å². The predicted molar refractivity (Wildman–Crippen MR) is 66.4 cm³/mol. The maximum Gasteiger partial charge on any atom is 0.166 e. The highest BCUT2D eigenvalue weighted by Gasteiger charge is 2.12. The Hall–Kier alpha value is -0.0331. The van der Waals surface area contributed by atoms with Gasteiger partial charge in [0.1, 0.15) is 11.9 Å². The molecule has 0 aromatic carbocycles. The zero-order valence-electron chi connectivity index (χ0n) is 9.26. The van der Waals surface area contributed by atoms with Gasteiger partial charge in [-0.3, -0.25) is 4.57 Å². The van der Waals surface area contributed by atoms with Crippen molar-refractivity contribution < 1.29 is 4.74 Å². The summed E-state index contributed by atoms with van der Waals surface area (Å²) in [6.45, 7) is 8.14. The second-order valence-corrected chi connectivity index (χ2v) is 11.0. The average Bonchev–Trinajstić information content (AvgIpc) is 2.42. The number of hydrogen-bond donors (Lipinski definition) is 0. The number of hydrogen-bond acceptors (Lipinski definition) is 2. The van der Waals surface area contributed by atoms with Crippen LogP contribution in [0.15, 0.2) is 6.33 Å². The Morgan fingerprint density at radius 2 is 2.07 bits per heavy atom. The number of rotatable bonds is 5. The van der Waals surface area contributed by atoms with E-state index < -0.39 is 8.07 Å². The molecule has 1 aromatic rings. The van der Waals surface area contributed by atoms with Crippen LogP contribution in [0, 0.1) is 0 Å². The molecule has 0 bridgehead atoms. The van der Waals surface area contributed by atoms with E-state index in [9.17, 15) is 0 Å². The predicted octanol–water partition coefficient (Wildman–Crippen LogP) is 3.50. The summed E-state index contributed by atoms with van der Waals surface area (Å²) >= 11 is 11.6. The zero-order valence-corrected chi connectivity index (χ0v) is 11.8. The Bertz CT molecular complexity index is 322. The first-order valence-electron chi connectivity index (χ1n) is 4.84. The summed E-state index contributed by atoms with van der Waals surface area (Å²) in [5.74, 6) is 0. The molecular weight excluding hydrogens is 251 g/mol. The molecule has 0 atom stereocenters. The van der Waals surface area contributed by atoms with E-state index in [2.05, 4.69) is 24.6 Å². The van der Waals surface area contributed by atoms with Gasteiger partial charge in [-0.25, -0.2) is 4.98 Å². The van der Waals surface area contributed by atoms with Crippen molar-refractivity contribution in [3.05, 3.63) is 16.6 Å². The lowest BCUT2D eigenvalue weighted by Crippen LogP contribution is -2.21. The molecule has 0 radical (unpaired) electrons. The van der Waals surface area contributed by atoms with Crippen LogP contribution in [-0.4, -0.2) is 24.2 Å². The average molecular weight is 267 g/mol. The van der Waals surface area contributed by atoms with Crippen molar-refractivity contribution in [3.63, 3.8) is 0 Å². The molecule has 1 aromatic heterocycles. The van der Waals surface area contributed by atoms with Crippen molar-refractivity contribution in [2.24, 2.45) is 0 Å². The first-order chi connectivity index (χ1) is 6.90. The molecule has 0 aliphatic carbocycles. The maximum absolute atomic E-state index is 5.87. The minimum atomic E-state index is -1.01. The lowest BCUT2D eigenvalue weighted by Gasteiger charge is -2.15. The third-order valence-electron chi connectivity index (χ3n) is 1.96. The highest BCUT2D eigenvalue weighted by atomic mass is 35.5. The van der Waals surface area contributed by atoms with Gasteiger partial charge in [0.15, 0.2) is 5.15 Å². The molecule has 0 aliphatic heterocycles. The van der Waals surface area contributed by atoms with E-state index in [1.54, 1.807) is 10.9 Å². The lowest BCUT2D eigenvalue weighted by atomic mass is 10.8. The number of halogens is 2. The zero-order chi connectivity index (χ0) is 11.5. The molecule has 0 unspecified atom stereocenters. The maximum atomic E-state index is 5.87. The summed E-state index contributed by atoms with van der Waals surface area (Å²) in [7, 11) is -1.01. The van der Waals surface area contributed by atoms with Crippen LogP contribution in [0.25, 0.3) is 0 Å². The van der Waals surface area contributed by atoms with Crippen LogP contribution in [0.5, 0.6) is 0 Å². The van der Waals surface area contributed by atoms with Crippen molar-refractivity contribution in [1.82, 2.24) is 9.55 Å². The van der Waals surface area contributed by atoms with Gasteiger partial charge < -0.3 is 4.74 Å². The van der Waals surface area contributed by atoms with Crippen molar-refractivity contribution in [1.29, 1.82) is 0 Å². The highest BCUT2D eigenvalue weighted by Crippen LogP contribution is 2.19. The fourth-order valence-electron chi connectivity index (χ4n) is 0.974. The second-order valence-electron chi connectivity index (χ2n) is 4.64. The second kappa shape index (κ2) is 5.34. The van der Waals surface area contributed by atoms with Gasteiger partial charge in [0, 0.05) is 14.7 Å². The molecule has 0 fully saturated rings. The van der Waals surface area contributed by atoms with Gasteiger partial charge in [-0.15, -0.1) is 0 Å². The Morgan fingerprint density at radius 3 is 2.53 bits per heavy atom. The first kappa shape index (κ1) is 13.0. The van der Waals surface area contributed by atoms with Crippen LogP contribution < -0.4 is 0 Å². The van der Waals surface area contributed by atoms with Gasteiger partial charge in [-0.1, -0.05) is 42.8 Å². The SMILES string of the molecule is C[Si](C)(C)CCOCn1cnc(Cl)c1Cl. The number of nitrogens with zero attached hydrogens (tertiary/aromatic N) is 2. The van der Waals surface area contributed by atoms with E-state index in [0.717, 1.165) is 12.7 Å². The summed E-state index contributed by atoms with van der Waals surface area (Å²) in [6, 6.07) is 1.15. The van der Waals surface area contributed by atoms with Crippen LogP contribution in [0.1, 0.15) is 0 Å². The van der Waals surface area contributed by atoms with E-state index >= 15 is 0 Å². The molecule has 0 saturated heterocycles. The molecule has 6 heteroatoms. The van der Waals surface area contributed by atoms with Gasteiger partial charge in [0.25, 0.3) is 0 Å². The van der Waals surface area contributed by atoms with E-state index in [-0.39, 0.29) is 0 Å². The third-order valence-corrected chi connectivity index (χ3v) is 4.43. The van der Waals surface area contributed by atoms with Gasteiger partial charge in [0.05, 0.1) is 6.33 Å². The minimum Gasteiger partial charge on any atom is -0.361 e. The first-order valence-corrected chi connectivity index (χ1v) is 9.30.